The third kappa shape index (κ3) is 3.70. The van der Waals surface area contributed by atoms with Crippen molar-refractivity contribution < 1.29 is 23.4 Å². The van der Waals surface area contributed by atoms with Crippen molar-refractivity contribution in [2.45, 2.75) is 33.2 Å². The van der Waals surface area contributed by atoms with Gasteiger partial charge in [0.2, 0.25) is 12.7 Å². The fourth-order valence-corrected chi connectivity index (χ4v) is 3.66. The third-order valence-corrected chi connectivity index (χ3v) is 5.40. The summed E-state index contributed by atoms with van der Waals surface area (Å²) >= 11 is 0. The summed E-state index contributed by atoms with van der Waals surface area (Å²) in [6, 6.07) is 9.29. The molecular weight excluding hydrogens is 386 g/mol. The molecule has 1 amide bonds. The molecule has 1 aromatic heterocycles. The number of methoxy groups -OCH3 is 1. The number of carbonyl (C=O) groups excluding carboxylic acids is 1. The Bertz CT molecular complexity index is 1180. The van der Waals surface area contributed by atoms with Crippen molar-refractivity contribution in [1.82, 2.24) is 5.32 Å². The Hall–Kier alpha value is -3.48. The van der Waals surface area contributed by atoms with Crippen molar-refractivity contribution in [2.75, 3.05) is 13.9 Å². The van der Waals surface area contributed by atoms with Crippen molar-refractivity contribution >= 4 is 16.9 Å². The zero-order valence-electron chi connectivity index (χ0n) is 17.2. The van der Waals surface area contributed by atoms with E-state index >= 15 is 0 Å². The number of rotatable bonds is 6. The first-order valence-electron chi connectivity index (χ1n) is 9.73. The number of aryl methyl sites for hydroxylation is 2. The van der Waals surface area contributed by atoms with Crippen LogP contribution in [0.1, 0.15) is 28.7 Å². The van der Waals surface area contributed by atoms with E-state index in [2.05, 4.69) is 5.32 Å². The van der Waals surface area contributed by atoms with E-state index in [-0.39, 0.29) is 19.1 Å². The van der Waals surface area contributed by atoms with Crippen molar-refractivity contribution in [3.63, 3.8) is 0 Å². The minimum Gasteiger partial charge on any atom is -0.496 e. The molecule has 7 nitrogen and oxygen atoms in total. The summed E-state index contributed by atoms with van der Waals surface area (Å²) in [5, 5.41) is 3.73. The summed E-state index contributed by atoms with van der Waals surface area (Å²) in [5.41, 5.74) is 3.15. The summed E-state index contributed by atoms with van der Waals surface area (Å²) in [6.07, 6.45) is 0.499. The molecule has 0 saturated heterocycles. The lowest BCUT2D eigenvalue weighted by molar-refractivity contribution is -0.121. The summed E-state index contributed by atoms with van der Waals surface area (Å²) < 4.78 is 21.5. The second-order valence-electron chi connectivity index (χ2n) is 7.23. The van der Waals surface area contributed by atoms with Gasteiger partial charge in [-0.05, 0) is 55.7 Å². The molecule has 156 valence electrons. The molecule has 0 radical (unpaired) electrons. The van der Waals surface area contributed by atoms with Gasteiger partial charge in [0.1, 0.15) is 11.3 Å². The largest absolute Gasteiger partial charge is 0.496 e. The average molecular weight is 409 g/mol. The highest BCUT2D eigenvalue weighted by Gasteiger charge is 2.17. The molecule has 1 N–H and O–H groups in total. The SMILES string of the molecule is COc1ccc2c(C)c(CCC(=O)NCc3ccc4c(c3)OCO4)c(=O)oc2c1C. The molecule has 0 bridgehead atoms. The molecule has 0 saturated carbocycles. The van der Waals surface area contributed by atoms with Gasteiger partial charge in [-0.2, -0.15) is 0 Å². The van der Waals surface area contributed by atoms with E-state index in [0.717, 1.165) is 22.1 Å². The Labute approximate surface area is 173 Å². The molecule has 4 rings (SSSR count). The zero-order chi connectivity index (χ0) is 21.3. The highest BCUT2D eigenvalue weighted by Crippen LogP contribution is 2.32. The maximum absolute atomic E-state index is 12.5. The molecule has 0 fully saturated rings. The van der Waals surface area contributed by atoms with Crippen molar-refractivity contribution in [3.05, 3.63) is 63.0 Å². The number of nitrogens with one attached hydrogen (secondary N) is 1. The minimum absolute atomic E-state index is 0.141. The number of fused-ring (bicyclic) bond motifs is 2. The second kappa shape index (κ2) is 8.10. The van der Waals surface area contributed by atoms with Crippen molar-refractivity contribution in [3.8, 4) is 17.2 Å². The summed E-state index contributed by atoms with van der Waals surface area (Å²) in [4.78, 5) is 24.9. The molecule has 1 aliphatic heterocycles. The minimum atomic E-state index is -0.417. The molecule has 1 aliphatic rings. The molecule has 2 heterocycles. The van der Waals surface area contributed by atoms with Crippen LogP contribution in [0.4, 0.5) is 0 Å². The van der Waals surface area contributed by atoms with Gasteiger partial charge in [-0.25, -0.2) is 4.79 Å². The van der Waals surface area contributed by atoms with E-state index in [1.54, 1.807) is 7.11 Å². The second-order valence-corrected chi connectivity index (χ2v) is 7.23. The summed E-state index contributed by atoms with van der Waals surface area (Å²) in [5.74, 6) is 1.91. The van der Waals surface area contributed by atoms with Gasteiger partial charge >= 0.3 is 5.63 Å². The van der Waals surface area contributed by atoms with E-state index in [0.29, 0.717) is 41.4 Å². The molecular formula is C23H23NO6. The van der Waals surface area contributed by atoms with Gasteiger partial charge in [0.05, 0.1) is 7.11 Å². The van der Waals surface area contributed by atoms with Gasteiger partial charge < -0.3 is 23.9 Å². The molecule has 30 heavy (non-hydrogen) atoms. The summed E-state index contributed by atoms with van der Waals surface area (Å²) in [6.45, 7) is 4.32. The van der Waals surface area contributed by atoms with Crippen LogP contribution < -0.4 is 25.2 Å². The van der Waals surface area contributed by atoms with Gasteiger partial charge in [-0.3, -0.25) is 4.79 Å². The van der Waals surface area contributed by atoms with Crippen LogP contribution in [-0.4, -0.2) is 19.8 Å². The van der Waals surface area contributed by atoms with E-state index in [4.69, 9.17) is 18.6 Å². The van der Waals surface area contributed by atoms with Crippen molar-refractivity contribution in [1.29, 1.82) is 0 Å². The smallest absolute Gasteiger partial charge is 0.339 e. The first-order valence-corrected chi connectivity index (χ1v) is 9.73. The van der Waals surface area contributed by atoms with E-state index in [9.17, 15) is 9.59 Å². The van der Waals surface area contributed by atoms with Crippen LogP contribution in [0, 0.1) is 13.8 Å². The molecule has 3 aromatic rings. The van der Waals surface area contributed by atoms with Crippen LogP contribution in [0.3, 0.4) is 0 Å². The lowest BCUT2D eigenvalue weighted by Crippen LogP contribution is -2.24. The number of hydrogen-bond acceptors (Lipinski definition) is 6. The fourth-order valence-electron chi connectivity index (χ4n) is 3.66. The zero-order valence-corrected chi connectivity index (χ0v) is 17.2. The van der Waals surface area contributed by atoms with E-state index < -0.39 is 5.63 Å². The predicted molar refractivity (Wildman–Crippen MR) is 111 cm³/mol. The topological polar surface area (TPSA) is 87.0 Å². The number of carbonyl (C=O) groups is 1. The highest BCUT2D eigenvalue weighted by molar-refractivity contribution is 5.85. The van der Waals surface area contributed by atoms with Gasteiger partial charge in [0.25, 0.3) is 0 Å². The fraction of sp³-hybridized carbons (Fsp3) is 0.304. The Morgan fingerprint density at radius 2 is 1.90 bits per heavy atom. The van der Waals surface area contributed by atoms with Crippen LogP contribution >= 0.6 is 0 Å². The Balaban J connectivity index is 1.44. The normalized spacial score (nSPS) is 12.2. The van der Waals surface area contributed by atoms with Gasteiger partial charge in [-0.1, -0.05) is 6.07 Å². The maximum atomic E-state index is 12.5. The monoisotopic (exact) mass is 409 g/mol. The number of amides is 1. The Morgan fingerprint density at radius 1 is 1.10 bits per heavy atom. The standard InChI is InChI=1S/C23H23NO6/c1-13-16-5-8-18(27-3)14(2)22(16)30-23(26)17(13)6-9-21(25)24-11-15-4-7-19-20(10-15)29-12-28-19/h4-5,7-8,10H,6,9,11-12H2,1-3H3,(H,24,25). The van der Waals surface area contributed by atoms with Crippen LogP contribution in [0.2, 0.25) is 0 Å². The van der Waals surface area contributed by atoms with Crippen LogP contribution in [-0.2, 0) is 17.8 Å². The summed E-state index contributed by atoms with van der Waals surface area (Å²) in [7, 11) is 1.58. The number of benzene rings is 2. The van der Waals surface area contributed by atoms with Gasteiger partial charge in [0.15, 0.2) is 11.5 Å². The third-order valence-electron chi connectivity index (χ3n) is 5.40. The number of hydrogen-bond donors (Lipinski definition) is 1. The van der Waals surface area contributed by atoms with E-state index in [1.807, 2.05) is 44.2 Å². The quantitative estimate of drug-likeness (QED) is 0.628. The molecule has 0 spiro atoms. The molecule has 0 atom stereocenters. The number of ether oxygens (including phenoxy) is 3. The van der Waals surface area contributed by atoms with Crippen LogP contribution in [0.25, 0.3) is 11.0 Å². The van der Waals surface area contributed by atoms with Gasteiger partial charge in [0, 0.05) is 29.5 Å². The average Bonchev–Trinajstić information content (AvgIpc) is 3.21. The molecule has 0 aliphatic carbocycles. The lowest BCUT2D eigenvalue weighted by atomic mass is 10.00. The molecule has 7 heteroatoms. The first-order chi connectivity index (χ1) is 14.5. The lowest BCUT2D eigenvalue weighted by Gasteiger charge is -2.12. The highest BCUT2D eigenvalue weighted by atomic mass is 16.7. The first kappa shape index (κ1) is 19.8. The molecule has 2 aromatic carbocycles. The molecule has 0 unspecified atom stereocenters. The van der Waals surface area contributed by atoms with Gasteiger partial charge in [-0.15, -0.1) is 0 Å². The van der Waals surface area contributed by atoms with Crippen molar-refractivity contribution in [2.24, 2.45) is 0 Å². The van der Waals surface area contributed by atoms with E-state index in [1.165, 1.54) is 0 Å². The Morgan fingerprint density at radius 3 is 2.70 bits per heavy atom. The van der Waals surface area contributed by atoms with Crippen LogP contribution in [0.5, 0.6) is 17.2 Å². The van der Waals surface area contributed by atoms with Crippen LogP contribution in [0.15, 0.2) is 39.5 Å². The predicted octanol–water partition coefficient (Wildman–Crippen LogP) is 3.40. The maximum Gasteiger partial charge on any atom is 0.339 e. The Kier molecular flexibility index (Phi) is 5.35.